The Morgan fingerprint density at radius 2 is 1.65 bits per heavy atom. The summed E-state index contributed by atoms with van der Waals surface area (Å²) in [6, 6.07) is 11.6. The number of benzene rings is 3. The number of hydrogen-bond donors (Lipinski definition) is 2. The molecule has 2 aromatic heterocycles. The Bertz CT molecular complexity index is 3140. The lowest BCUT2D eigenvalue weighted by atomic mass is 9.50. The Hall–Kier alpha value is -6.04. The topological polar surface area (TPSA) is 157 Å². The molecule has 17 heteroatoms. The number of rotatable bonds is 12. The van der Waals surface area contributed by atoms with E-state index in [-0.39, 0.29) is 58.1 Å². The second-order valence-corrected chi connectivity index (χ2v) is 24.0. The number of pyridine rings is 1. The second kappa shape index (κ2) is 18.3. The summed E-state index contributed by atoms with van der Waals surface area (Å²) < 4.78 is 45.2. The summed E-state index contributed by atoms with van der Waals surface area (Å²) in [4.78, 5) is 63.5. The fraction of sp³-hybridized carbons (Fsp3) is 0.552. The van der Waals surface area contributed by atoms with E-state index in [4.69, 9.17) is 19.4 Å². The van der Waals surface area contributed by atoms with E-state index in [0.717, 1.165) is 109 Å². The van der Waals surface area contributed by atoms with Gasteiger partial charge in [-0.05, 0) is 146 Å². The number of piperazine rings is 1. The highest BCUT2D eigenvalue weighted by Crippen LogP contribution is 2.60. The number of anilines is 2. The molecule has 0 bridgehead atoms. The first-order valence-corrected chi connectivity index (χ1v) is 27.5. The number of phenolic OH excluding ortho intramolecular Hbond substituents is 1. The van der Waals surface area contributed by atoms with Gasteiger partial charge in [-0.2, -0.15) is 9.97 Å². The maximum atomic E-state index is 17.3. The number of aromatic nitrogens is 3. The van der Waals surface area contributed by atoms with Crippen molar-refractivity contribution < 1.29 is 37.7 Å². The summed E-state index contributed by atoms with van der Waals surface area (Å²) in [5.74, 6) is -1.35. The van der Waals surface area contributed by atoms with Crippen LogP contribution in [0.3, 0.4) is 0 Å². The molecule has 0 unspecified atom stereocenters. The highest BCUT2D eigenvalue weighted by Gasteiger charge is 2.54. The maximum Gasteiger partial charge on any atom is 0.319 e. The lowest BCUT2D eigenvalue weighted by molar-refractivity contribution is -0.151. The Balaban J connectivity index is 0.638. The highest BCUT2D eigenvalue weighted by atomic mass is 19.1. The average molecular weight is 1020 g/mol. The van der Waals surface area contributed by atoms with E-state index >= 15 is 8.78 Å². The molecule has 394 valence electrons. The summed E-state index contributed by atoms with van der Waals surface area (Å²) in [6.45, 7) is 15.3. The van der Waals surface area contributed by atoms with E-state index in [1.54, 1.807) is 23.2 Å². The third-order valence-electron chi connectivity index (χ3n) is 18.6. The minimum atomic E-state index is -0.668. The first kappa shape index (κ1) is 48.6. The van der Waals surface area contributed by atoms with Gasteiger partial charge in [0.25, 0.3) is 5.91 Å². The van der Waals surface area contributed by atoms with Crippen LogP contribution in [0.15, 0.2) is 48.7 Å². The van der Waals surface area contributed by atoms with E-state index in [1.165, 1.54) is 37.8 Å². The molecular weight excluding hydrogens is 957 g/mol. The van der Waals surface area contributed by atoms with E-state index in [1.807, 2.05) is 19.1 Å². The summed E-state index contributed by atoms with van der Waals surface area (Å²) >= 11 is 0. The van der Waals surface area contributed by atoms with Gasteiger partial charge in [0.05, 0.1) is 24.2 Å². The number of ether oxygens (including phenoxy) is 2. The Morgan fingerprint density at radius 3 is 2.39 bits per heavy atom. The molecule has 2 spiro atoms. The zero-order valence-corrected chi connectivity index (χ0v) is 43.2. The van der Waals surface area contributed by atoms with Gasteiger partial charge in [-0.25, -0.2) is 8.78 Å². The normalized spacial score (nSPS) is 25.2. The highest BCUT2D eigenvalue weighted by molar-refractivity contribution is 6.06. The third kappa shape index (κ3) is 8.83. The van der Waals surface area contributed by atoms with Crippen molar-refractivity contribution in [3.63, 3.8) is 0 Å². The molecule has 8 heterocycles. The molecule has 6 aliphatic heterocycles. The van der Waals surface area contributed by atoms with Crippen molar-refractivity contribution in [3.8, 4) is 23.0 Å². The summed E-state index contributed by atoms with van der Waals surface area (Å²) in [6.07, 6.45) is 12.4. The molecule has 2 atom stereocenters. The number of imide groups is 1. The number of fused-ring (bicyclic) bond motifs is 3. The molecule has 3 aromatic carbocycles. The van der Waals surface area contributed by atoms with Crippen molar-refractivity contribution in [1.29, 1.82) is 0 Å². The first-order valence-electron chi connectivity index (χ1n) is 27.5. The van der Waals surface area contributed by atoms with Crippen molar-refractivity contribution >= 4 is 50.9 Å². The van der Waals surface area contributed by atoms with Gasteiger partial charge in [-0.1, -0.05) is 19.9 Å². The Morgan fingerprint density at radius 1 is 0.867 bits per heavy atom. The molecule has 5 aromatic rings. The van der Waals surface area contributed by atoms with Crippen LogP contribution < -0.4 is 19.9 Å². The Kier molecular flexibility index (Phi) is 11.9. The number of carbonyl (C=O) groups is 3. The summed E-state index contributed by atoms with van der Waals surface area (Å²) in [5.41, 5.74) is 3.94. The number of carbonyl (C=O) groups excluding carboxylic acids is 3. The van der Waals surface area contributed by atoms with Gasteiger partial charge in [0.2, 0.25) is 11.8 Å². The summed E-state index contributed by atoms with van der Waals surface area (Å²) in [5, 5.41) is 14.8. The van der Waals surface area contributed by atoms with Gasteiger partial charge in [0, 0.05) is 100 Å². The molecule has 5 saturated heterocycles. The van der Waals surface area contributed by atoms with Crippen LogP contribution in [0.1, 0.15) is 106 Å². The van der Waals surface area contributed by atoms with Gasteiger partial charge in [-0.15, -0.1) is 0 Å². The molecule has 15 nitrogen and oxygen atoms in total. The Labute approximate surface area is 435 Å². The lowest BCUT2D eigenvalue weighted by Gasteiger charge is -2.59. The minimum absolute atomic E-state index is 0.0136. The number of likely N-dealkylation sites (tertiary alicyclic amines) is 1. The van der Waals surface area contributed by atoms with Gasteiger partial charge < -0.3 is 34.2 Å². The van der Waals surface area contributed by atoms with Crippen molar-refractivity contribution in [2.45, 2.75) is 109 Å². The number of aryl methyl sites for hydroxylation is 1. The molecule has 2 saturated carbocycles. The van der Waals surface area contributed by atoms with Gasteiger partial charge in [-0.3, -0.25) is 29.6 Å². The lowest BCUT2D eigenvalue weighted by Crippen LogP contribution is -2.57. The van der Waals surface area contributed by atoms with Crippen LogP contribution in [-0.4, -0.2) is 143 Å². The third-order valence-corrected chi connectivity index (χ3v) is 18.6. The largest absolute Gasteiger partial charge is 0.508 e. The maximum absolute atomic E-state index is 17.3. The standard InChI is InChI=1S/C58H67F2N9O6/c1-3-40-44(59)8-5-36-26-39(70)27-42(47(36)40)49-48(60)50-43(28-61-49)51(68-17-4-11-58(34-68)16-24-75-58)64-54(63-50)74-35-57(12-13-57)33-65-18-14-56(15-19-65)30-55(2,31-56)32-66-20-22-67(23-21-66)38-6-7-41-37(25-38)29-69(53(41)73)45-9-10-46(71)62-52(45)72/h5-8,25-28,45,70H,3-4,9-24,29-35H2,1-2H3,(H,62,71,72)/t45-,58-/m0/s1. The molecular formula is C58H67F2N9O6. The predicted molar refractivity (Wildman–Crippen MR) is 280 cm³/mol. The fourth-order valence-corrected chi connectivity index (χ4v) is 14.6. The number of hydrogen-bond acceptors (Lipinski definition) is 13. The monoisotopic (exact) mass is 1020 g/mol. The molecule has 8 aliphatic rings. The zero-order chi connectivity index (χ0) is 51.4. The van der Waals surface area contributed by atoms with Crippen LogP contribution in [0, 0.1) is 27.9 Å². The SMILES string of the molecule is CCc1c(F)ccc2cc(O)cc(-c3ncc4c(N5CCC[C@]6(CCO6)C5)nc(OCC5(CN6CCC7(CC6)CC(C)(CN6CCN(c8ccc9c(c8)CN([C@H]8CCC(=O)NC8=O)C9=O)CC6)C7)CC5)nc4c3F)c12. The zero-order valence-electron chi connectivity index (χ0n) is 43.2. The van der Waals surface area contributed by atoms with Crippen molar-refractivity contribution in [2.75, 3.05) is 88.5 Å². The molecule has 2 N–H and O–H groups in total. The number of amides is 3. The van der Waals surface area contributed by atoms with Crippen molar-refractivity contribution in [2.24, 2.45) is 16.2 Å². The minimum Gasteiger partial charge on any atom is -0.508 e. The first-order chi connectivity index (χ1) is 36.2. The quantitative estimate of drug-likeness (QED) is 0.117. The van der Waals surface area contributed by atoms with E-state index in [0.29, 0.717) is 82.0 Å². The fourth-order valence-electron chi connectivity index (χ4n) is 14.6. The van der Waals surface area contributed by atoms with Gasteiger partial charge in [0.1, 0.15) is 34.6 Å². The second-order valence-electron chi connectivity index (χ2n) is 24.0. The predicted octanol–water partition coefficient (Wildman–Crippen LogP) is 7.78. The molecule has 2 aliphatic carbocycles. The molecule has 0 radical (unpaired) electrons. The van der Waals surface area contributed by atoms with E-state index < -0.39 is 17.7 Å². The van der Waals surface area contributed by atoms with Crippen LogP contribution in [-0.2, 0) is 27.3 Å². The van der Waals surface area contributed by atoms with Crippen LogP contribution in [0.2, 0.25) is 0 Å². The number of nitrogens with one attached hydrogen (secondary N) is 1. The number of phenols is 1. The number of nitrogens with zero attached hydrogens (tertiary/aromatic N) is 8. The van der Waals surface area contributed by atoms with Crippen molar-refractivity contribution in [1.82, 2.24) is 35.0 Å². The number of halogens is 2. The average Bonchev–Trinajstić information content (AvgIpc) is 4.09. The number of piperidine rings is 3. The number of aromatic hydroxyl groups is 1. The summed E-state index contributed by atoms with van der Waals surface area (Å²) in [7, 11) is 0. The molecule has 13 rings (SSSR count). The van der Waals surface area contributed by atoms with Crippen LogP contribution >= 0.6 is 0 Å². The van der Waals surface area contributed by atoms with Crippen LogP contribution in [0.25, 0.3) is 32.9 Å². The van der Waals surface area contributed by atoms with Crippen LogP contribution in [0.4, 0.5) is 20.3 Å². The van der Waals surface area contributed by atoms with Crippen molar-refractivity contribution in [3.05, 3.63) is 77.0 Å². The smallest absolute Gasteiger partial charge is 0.319 e. The van der Waals surface area contributed by atoms with Crippen LogP contribution in [0.5, 0.6) is 11.8 Å². The van der Waals surface area contributed by atoms with E-state index in [9.17, 15) is 19.5 Å². The van der Waals surface area contributed by atoms with Gasteiger partial charge in [0.15, 0.2) is 5.82 Å². The molecule has 75 heavy (non-hydrogen) atoms. The molecule has 7 fully saturated rings. The molecule has 3 amide bonds. The van der Waals surface area contributed by atoms with E-state index in [2.05, 4.69) is 42.9 Å². The van der Waals surface area contributed by atoms with Gasteiger partial charge >= 0.3 is 6.01 Å².